The standard InChI is InChI=1S/C13H14F2N2/c1-16(2)11-7-12(11)17-4-3-8-5-9(14)6-10(15)13(8)17/h3-6,11-12H,7H2,1-2H3. The van der Waals surface area contributed by atoms with Gasteiger partial charge >= 0.3 is 0 Å². The Labute approximate surface area is 98.4 Å². The van der Waals surface area contributed by atoms with Gasteiger partial charge in [0.1, 0.15) is 11.6 Å². The van der Waals surface area contributed by atoms with Gasteiger partial charge in [-0.1, -0.05) is 0 Å². The van der Waals surface area contributed by atoms with Crippen molar-refractivity contribution in [3.05, 3.63) is 36.0 Å². The van der Waals surface area contributed by atoms with Crippen molar-refractivity contribution in [2.45, 2.75) is 18.5 Å². The largest absolute Gasteiger partial charge is 0.340 e. The molecule has 0 radical (unpaired) electrons. The summed E-state index contributed by atoms with van der Waals surface area (Å²) in [6.07, 6.45) is 2.87. The van der Waals surface area contributed by atoms with Crippen LogP contribution in [0.5, 0.6) is 0 Å². The summed E-state index contributed by atoms with van der Waals surface area (Å²) in [5.41, 5.74) is 0.515. The van der Waals surface area contributed by atoms with Crippen LogP contribution in [0.1, 0.15) is 12.5 Å². The van der Waals surface area contributed by atoms with Crippen molar-refractivity contribution in [1.82, 2.24) is 9.47 Å². The summed E-state index contributed by atoms with van der Waals surface area (Å²) < 4.78 is 28.8. The normalized spacial score (nSPS) is 23.6. The minimum absolute atomic E-state index is 0.308. The van der Waals surface area contributed by atoms with Crippen LogP contribution in [-0.2, 0) is 0 Å². The highest BCUT2D eigenvalue weighted by Crippen LogP contribution is 2.41. The third-order valence-corrected chi connectivity index (χ3v) is 3.48. The van der Waals surface area contributed by atoms with Gasteiger partial charge in [-0.05, 0) is 32.6 Å². The highest BCUT2D eigenvalue weighted by molar-refractivity contribution is 5.81. The van der Waals surface area contributed by atoms with Crippen LogP contribution >= 0.6 is 0 Å². The molecule has 3 rings (SSSR count). The molecule has 1 fully saturated rings. The molecule has 0 amide bonds. The Morgan fingerprint density at radius 2 is 2.06 bits per heavy atom. The first kappa shape index (κ1) is 10.7. The summed E-state index contributed by atoms with van der Waals surface area (Å²) in [4.78, 5) is 2.14. The SMILES string of the molecule is CN(C)C1CC1n1ccc2cc(F)cc(F)c21. The number of aromatic nitrogens is 1. The van der Waals surface area contributed by atoms with Gasteiger partial charge in [0.15, 0.2) is 0 Å². The molecule has 0 spiro atoms. The van der Waals surface area contributed by atoms with Gasteiger partial charge < -0.3 is 9.47 Å². The Kier molecular flexibility index (Phi) is 2.23. The molecular weight excluding hydrogens is 222 g/mol. The monoisotopic (exact) mass is 236 g/mol. The fourth-order valence-corrected chi connectivity index (χ4v) is 2.52. The van der Waals surface area contributed by atoms with Gasteiger partial charge in [0, 0.05) is 23.7 Å². The summed E-state index contributed by atoms with van der Waals surface area (Å²) in [5.74, 6) is -0.998. The number of benzene rings is 1. The zero-order valence-electron chi connectivity index (χ0n) is 9.82. The van der Waals surface area contributed by atoms with Gasteiger partial charge in [-0.25, -0.2) is 8.78 Å². The minimum atomic E-state index is -0.521. The van der Waals surface area contributed by atoms with E-state index in [-0.39, 0.29) is 0 Å². The van der Waals surface area contributed by atoms with Crippen molar-refractivity contribution in [2.24, 2.45) is 0 Å². The maximum absolute atomic E-state index is 13.8. The minimum Gasteiger partial charge on any atom is -0.340 e. The predicted octanol–water partition coefficient (Wildman–Crippen LogP) is 2.79. The average molecular weight is 236 g/mol. The van der Waals surface area contributed by atoms with Crippen LogP contribution in [0.3, 0.4) is 0 Å². The predicted molar refractivity (Wildman–Crippen MR) is 63.0 cm³/mol. The molecule has 1 aliphatic carbocycles. The van der Waals surface area contributed by atoms with E-state index in [1.54, 1.807) is 6.07 Å². The topological polar surface area (TPSA) is 8.17 Å². The molecule has 0 aliphatic heterocycles. The lowest BCUT2D eigenvalue weighted by molar-refractivity contribution is 0.377. The molecule has 1 saturated carbocycles. The quantitative estimate of drug-likeness (QED) is 0.778. The van der Waals surface area contributed by atoms with Crippen molar-refractivity contribution in [3.63, 3.8) is 0 Å². The van der Waals surface area contributed by atoms with Gasteiger partial charge in [0.05, 0.1) is 11.6 Å². The molecule has 2 atom stereocenters. The van der Waals surface area contributed by atoms with Gasteiger partial charge in [0.2, 0.25) is 0 Å². The van der Waals surface area contributed by atoms with E-state index < -0.39 is 11.6 Å². The maximum Gasteiger partial charge on any atom is 0.150 e. The van der Waals surface area contributed by atoms with E-state index in [0.29, 0.717) is 23.0 Å². The molecule has 90 valence electrons. The van der Waals surface area contributed by atoms with E-state index in [9.17, 15) is 8.78 Å². The molecule has 4 heteroatoms. The second kappa shape index (κ2) is 3.53. The van der Waals surface area contributed by atoms with Crippen molar-refractivity contribution in [2.75, 3.05) is 14.1 Å². The van der Waals surface area contributed by atoms with E-state index in [1.807, 2.05) is 24.9 Å². The van der Waals surface area contributed by atoms with Gasteiger partial charge in [0.25, 0.3) is 0 Å². The lowest BCUT2D eigenvalue weighted by Gasteiger charge is -2.10. The molecule has 17 heavy (non-hydrogen) atoms. The van der Waals surface area contributed by atoms with Crippen molar-refractivity contribution in [3.8, 4) is 0 Å². The van der Waals surface area contributed by atoms with Crippen LogP contribution in [0.25, 0.3) is 10.9 Å². The van der Waals surface area contributed by atoms with E-state index in [1.165, 1.54) is 6.07 Å². The van der Waals surface area contributed by atoms with Crippen LogP contribution in [0.4, 0.5) is 8.78 Å². The molecule has 1 aliphatic rings. The molecule has 1 heterocycles. The van der Waals surface area contributed by atoms with Gasteiger partial charge in [-0.3, -0.25) is 0 Å². The molecule has 0 saturated heterocycles. The van der Waals surface area contributed by atoms with Crippen LogP contribution in [0.15, 0.2) is 24.4 Å². The summed E-state index contributed by atoms with van der Waals surface area (Å²) >= 11 is 0. The number of hydrogen-bond acceptors (Lipinski definition) is 1. The number of nitrogens with zero attached hydrogens (tertiary/aromatic N) is 2. The van der Waals surface area contributed by atoms with Crippen molar-refractivity contribution >= 4 is 10.9 Å². The molecule has 2 aromatic rings. The number of rotatable bonds is 2. The molecule has 1 aromatic carbocycles. The lowest BCUT2D eigenvalue weighted by atomic mass is 10.2. The van der Waals surface area contributed by atoms with E-state index >= 15 is 0 Å². The van der Waals surface area contributed by atoms with Gasteiger partial charge in [-0.15, -0.1) is 0 Å². The second-order valence-corrected chi connectivity index (χ2v) is 4.88. The first-order valence-electron chi connectivity index (χ1n) is 5.70. The molecule has 0 bridgehead atoms. The molecule has 1 aromatic heterocycles. The summed E-state index contributed by atoms with van der Waals surface area (Å²) in [5, 5.41) is 0.631. The lowest BCUT2D eigenvalue weighted by Crippen LogP contribution is -2.17. The average Bonchev–Trinajstić information content (AvgIpc) is 2.93. The fraction of sp³-hybridized carbons (Fsp3) is 0.385. The third-order valence-electron chi connectivity index (χ3n) is 3.48. The van der Waals surface area contributed by atoms with Crippen molar-refractivity contribution < 1.29 is 8.78 Å². The zero-order valence-corrected chi connectivity index (χ0v) is 9.82. The van der Waals surface area contributed by atoms with E-state index in [0.717, 1.165) is 12.5 Å². The highest BCUT2D eigenvalue weighted by atomic mass is 19.1. The summed E-state index contributed by atoms with van der Waals surface area (Å²) in [6.45, 7) is 0. The Balaban J connectivity index is 2.07. The van der Waals surface area contributed by atoms with Crippen LogP contribution in [-0.4, -0.2) is 29.6 Å². The number of fused-ring (bicyclic) bond motifs is 1. The second-order valence-electron chi connectivity index (χ2n) is 4.88. The Bertz CT molecular complexity index is 574. The summed E-state index contributed by atoms with van der Waals surface area (Å²) in [6, 6.07) is 4.86. The highest BCUT2D eigenvalue weighted by Gasteiger charge is 2.41. The van der Waals surface area contributed by atoms with Crippen LogP contribution < -0.4 is 0 Å². The first-order valence-corrected chi connectivity index (χ1v) is 5.70. The van der Waals surface area contributed by atoms with E-state index in [2.05, 4.69) is 4.90 Å². The molecular formula is C13H14F2N2. The Morgan fingerprint density at radius 1 is 1.29 bits per heavy atom. The maximum atomic E-state index is 13.8. The van der Waals surface area contributed by atoms with Crippen LogP contribution in [0.2, 0.25) is 0 Å². The molecule has 0 N–H and O–H groups in total. The number of hydrogen-bond donors (Lipinski definition) is 0. The zero-order chi connectivity index (χ0) is 12.2. The third kappa shape index (κ3) is 1.63. The fourth-order valence-electron chi connectivity index (χ4n) is 2.52. The van der Waals surface area contributed by atoms with E-state index in [4.69, 9.17) is 0 Å². The molecule has 2 nitrogen and oxygen atoms in total. The molecule has 2 unspecified atom stereocenters. The number of likely N-dealkylation sites (N-methyl/N-ethyl adjacent to an activating group) is 1. The first-order chi connectivity index (χ1) is 8.08. The van der Waals surface area contributed by atoms with Crippen LogP contribution in [0, 0.1) is 11.6 Å². The Hall–Kier alpha value is -1.42. The Morgan fingerprint density at radius 3 is 2.71 bits per heavy atom. The summed E-state index contributed by atoms with van der Waals surface area (Å²) in [7, 11) is 4.04. The number of halogens is 2. The smallest absolute Gasteiger partial charge is 0.150 e. The van der Waals surface area contributed by atoms with Crippen molar-refractivity contribution in [1.29, 1.82) is 0 Å². The van der Waals surface area contributed by atoms with Gasteiger partial charge in [-0.2, -0.15) is 0 Å².